The molecular formula is C20H20F4O5S2. The van der Waals surface area contributed by atoms with Crippen molar-refractivity contribution in [2.75, 3.05) is 12.9 Å². The molecule has 2 atom stereocenters. The smallest absolute Gasteiger partial charge is 0.378 e. The van der Waals surface area contributed by atoms with E-state index in [1.54, 1.807) is 0 Å². The maximum absolute atomic E-state index is 14.1. The SMILES string of the molecule is CS(=O)(=O)c1ccc(CC2CC(S(=O)(=O)c3cccc(C(F)(F)F)c3)CCO2)cc1F. The molecule has 1 aliphatic heterocycles. The van der Waals surface area contributed by atoms with Gasteiger partial charge in [0.2, 0.25) is 0 Å². The second kappa shape index (κ2) is 8.51. The molecule has 0 saturated carbocycles. The standard InChI is InChI=1S/C20H20F4O5S2/c1-30(25,26)19-6-5-13(10-18(19)21)9-15-12-17(7-8-29-15)31(27,28)16-4-2-3-14(11-16)20(22,23)24/h2-6,10-11,15,17H,7-9,12H2,1H3. The van der Waals surface area contributed by atoms with Gasteiger partial charge >= 0.3 is 6.18 Å². The molecule has 0 aliphatic carbocycles. The van der Waals surface area contributed by atoms with Crippen molar-refractivity contribution in [2.45, 2.75) is 46.6 Å². The zero-order valence-corrected chi connectivity index (χ0v) is 18.0. The van der Waals surface area contributed by atoms with E-state index in [-0.39, 0.29) is 25.9 Å². The van der Waals surface area contributed by atoms with E-state index in [0.29, 0.717) is 11.6 Å². The van der Waals surface area contributed by atoms with Crippen molar-refractivity contribution in [2.24, 2.45) is 0 Å². The Morgan fingerprint density at radius 1 is 1.06 bits per heavy atom. The average Bonchev–Trinajstić information content (AvgIpc) is 2.67. The summed E-state index contributed by atoms with van der Waals surface area (Å²) in [7, 11) is -7.76. The highest BCUT2D eigenvalue weighted by atomic mass is 32.2. The molecule has 0 radical (unpaired) electrons. The van der Waals surface area contributed by atoms with Crippen LogP contribution in [0.4, 0.5) is 17.6 Å². The molecule has 0 aromatic heterocycles. The van der Waals surface area contributed by atoms with Gasteiger partial charge in [0.25, 0.3) is 0 Å². The largest absolute Gasteiger partial charge is 0.416 e. The average molecular weight is 481 g/mol. The topological polar surface area (TPSA) is 77.5 Å². The monoisotopic (exact) mass is 480 g/mol. The minimum Gasteiger partial charge on any atom is -0.378 e. The van der Waals surface area contributed by atoms with Gasteiger partial charge in [-0.15, -0.1) is 0 Å². The van der Waals surface area contributed by atoms with Crippen LogP contribution in [0.2, 0.25) is 0 Å². The van der Waals surface area contributed by atoms with E-state index in [1.807, 2.05) is 0 Å². The van der Waals surface area contributed by atoms with Crippen molar-refractivity contribution in [1.82, 2.24) is 0 Å². The van der Waals surface area contributed by atoms with E-state index < -0.39 is 58.4 Å². The van der Waals surface area contributed by atoms with Crippen LogP contribution in [0, 0.1) is 5.82 Å². The predicted molar refractivity (Wildman–Crippen MR) is 105 cm³/mol. The van der Waals surface area contributed by atoms with Gasteiger partial charge in [-0.1, -0.05) is 12.1 Å². The van der Waals surface area contributed by atoms with Crippen molar-refractivity contribution in [3.63, 3.8) is 0 Å². The van der Waals surface area contributed by atoms with Gasteiger partial charge in [-0.05, 0) is 55.2 Å². The maximum atomic E-state index is 14.1. The van der Waals surface area contributed by atoms with Crippen LogP contribution < -0.4 is 0 Å². The Labute approximate surface area is 177 Å². The lowest BCUT2D eigenvalue weighted by molar-refractivity contribution is -0.137. The third kappa shape index (κ3) is 5.45. The number of ether oxygens (including phenoxy) is 1. The van der Waals surface area contributed by atoms with Crippen LogP contribution >= 0.6 is 0 Å². The highest BCUT2D eigenvalue weighted by Gasteiger charge is 2.36. The molecule has 2 aromatic rings. The first kappa shape index (κ1) is 23.7. The quantitative estimate of drug-likeness (QED) is 0.609. The molecule has 1 fully saturated rings. The van der Waals surface area contributed by atoms with Gasteiger partial charge in [0.15, 0.2) is 19.7 Å². The first-order chi connectivity index (χ1) is 14.3. The van der Waals surface area contributed by atoms with E-state index in [4.69, 9.17) is 4.74 Å². The van der Waals surface area contributed by atoms with E-state index in [0.717, 1.165) is 36.6 Å². The number of benzene rings is 2. The van der Waals surface area contributed by atoms with Crippen molar-refractivity contribution < 1.29 is 39.1 Å². The third-order valence-electron chi connectivity index (χ3n) is 5.11. The molecule has 170 valence electrons. The molecule has 2 unspecified atom stereocenters. The van der Waals surface area contributed by atoms with Crippen LogP contribution in [0.5, 0.6) is 0 Å². The van der Waals surface area contributed by atoms with Crippen LogP contribution in [0.25, 0.3) is 0 Å². The van der Waals surface area contributed by atoms with E-state index in [1.165, 1.54) is 6.07 Å². The van der Waals surface area contributed by atoms with Crippen molar-refractivity contribution in [3.05, 3.63) is 59.4 Å². The van der Waals surface area contributed by atoms with Crippen LogP contribution in [0.15, 0.2) is 52.3 Å². The molecule has 3 rings (SSSR count). The molecule has 0 amide bonds. The summed E-state index contributed by atoms with van der Waals surface area (Å²) in [5.41, 5.74) is -0.620. The van der Waals surface area contributed by atoms with Crippen molar-refractivity contribution in [1.29, 1.82) is 0 Å². The fourth-order valence-electron chi connectivity index (χ4n) is 3.55. The van der Waals surface area contributed by atoms with Crippen LogP contribution in [0.1, 0.15) is 24.0 Å². The molecule has 1 saturated heterocycles. The lowest BCUT2D eigenvalue weighted by Crippen LogP contribution is -2.35. The Morgan fingerprint density at radius 2 is 1.77 bits per heavy atom. The lowest BCUT2D eigenvalue weighted by Gasteiger charge is -2.29. The van der Waals surface area contributed by atoms with Crippen molar-refractivity contribution >= 4 is 19.7 Å². The van der Waals surface area contributed by atoms with Gasteiger partial charge in [0, 0.05) is 12.9 Å². The van der Waals surface area contributed by atoms with E-state index in [2.05, 4.69) is 0 Å². The zero-order valence-electron chi connectivity index (χ0n) is 16.4. The molecule has 0 spiro atoms. The Balaban J connectivity index is 1.78. The number of hydrogen-bond acceptors (Lipinski definition) is 5. The minimum absolute atomic E-state index is 0.0219. The second-order valence-electron chi connectivity index (χ2n) is 7.45. The molecule has 5 nitrogen and oxygen atoms in total. The summed E-state index contributed by atoms with van der Waals surface area (Å²) in [5, 5.41) is -0.949. The van der Waals surface area contributed by atoms with Gasteiger partial charge in [0.1, 0.15) is 10.7 Å². The molecule has 11 heteroatoms. The van der Waals surface area contributed by atoms with Gasteiger partial charge in [-0.3, -0.25) is 0 Å². The summed E-state index contributed by atoms with van der Waals surface area (Å²) >= 11 is 0. The summed E-state index contributed by atoms with van der Waals surface area (Å²) in [5.74, 6) is -0.913. The van der Waals surface area contributed by atoms with Gasteiger partial charge in [-0.25, -0.2) is 21.2 Å². The lowest BCUT2D eigenvalue weighted by atomic mass is 10.0. The number of alkyl halides is 3. The second-order valence-corrected chi connectivity index (χ2v) is 11.7. The molecule has 0 bridgehead atoms. The van der Waals surface area contributed by atoms with Gasteiger partial charge in [-0.2, -0.15) is 13.2 Å². The third-order valence-corrected chi connectivity index (χ3v) is 8.45. The molecular weight excluding hydrogens is 460 g/mol. The Kier molecular flexibility index (Phi) is 6.50. The molecule has 31 heavy (non-hydrogen) atoms. The summed E-state index contributed by atoms with van der Waals surface area (Å²) in [6.07, 6.45) is -4.10. The number of sulfone groups is 2. The summed E-state index contributed by atoms with van der Waals surface area (Å²) < 4.78 is 107. The summed E-state index contributed by atoms with van der Waals surface area (Å²) in [4.78, 5) is -0.845. The molecule has 2 aromatic carbocycles. The van der Waals surface area contributed by atoms with E-state index in [9.17, 15) is 34.4 Å². The Hall–Kier alpha value is -1.98. The van der Waals surface area contributed by atoms with Crippen LogP contribution in [-0.4, -0.2) is 41.1 Å². The maximum Gasteiger partial charge on any atom is 0.416 e. The number of rotatable bonds is 5. The zero-order chi connectivity index (χ0) is 23.0. The predicted octanol–water partition coefficient (Wildman–Crippen LogP) is 3.81. The normalized spacial score (nSPS) is 20.5. The van der Waals surface area contributed by atoms with Gasteiger partial charge < -0.3 is 4.74 Å². The highest BCUT2D eigenvalue weighted by molar-refractivity contribution is 7.92. The Bertz CT molecular complexity index is 1170. The van der Waals surface area contributed by atoms with Crippen molar-refractivity contribution in [3.8, 4) is 0 Å². The molecule has 0 N–H and O–H groups in total. The highest BCUT2D eigenvalue weighted by Crippen LogP contribution is 2.33. The number of halogens is 4. The first-order valence-electron chi connectivity index (χ1n) is 9.30. The minimum atomic E-state index is -4.66. The number of hydrogen-bond donors (Lipinski definition) is 0. The Morgan fingerprint density at radius 3 is 2.39 bits per heavy atom. The van der Waals surface area contributed by atoms with Gasteiger partial charge in [0.05, 0.1) is 21.8 Å². The molecule has 1 aliphatic rings. The molecule has 1 heterocycles. The first-order valence-corrected chi connectivity index (χ1v) is 12.7. The van der Waals surface area contributed by atoms with Crippen LogP contribution in [0.3, 0.4) is 0 Å². The summed E-state index contributed by atoms with van der Waals surface area (Å²) in [6.45, 7) is 0.0808. The summed E-state index contributed by atoms with van der Waals surface area (Å²) in [6, 6.07) is 7.24. The fourth-order valence-corrected chi connectivity index (χ4v) is 6.09. The van der Waals surface area contributed by atoms with E-state index >= 15 is 0 Å². The van der Waals surface area contributed by atoms with Crippen LogP contribution in [-0.2, 0) is 37.0 Å². The fraction of sp³-hybridized carbons (Fsp3) is 0.400.